The van der Waals surface area contributed by atoms with E-state index in [1.165, 1.54) is 21.2 Å². The van der Waals surface area contributed by atoms with Crippen LogP contribution >= 0.6 is 24.2 Å². The molecule has 5 rings (SSSR count). The molecule has 256 valence electrons. The third kappa shape index (κ3) is 9.43. The highest BCUT2D eigenvalue weighted by atomic mass is 32.5. The van der Waals surface area contributed by atoms with Crippen molar-refractivity contribution in [3.63, 3.8) is 0 Å². The second-order valence-corrected chi connectivity index (χ2v) is 34.2. The van der Waals surface area contributed by atoms with E-state index >= 15 is 0 Å². The zero-order valence-corrected chi connectivity index (χ0v) is 35.5. The van der Waals surface area contributed by atoms with Crippen LogP contribution < -0.4 is 21.2 Å². The van der Waals surface area contributed by atoms with Gasteiger partial charge in [-0.05, 0) is 97.7 Å². The van der Waals surface area contributed by atoms with Gasteiger partial charge in [0.15, 0.2) is 0 Å². The van der Waals surface area contributed by atoms with Crippen molar-refractivity contribution in [3.8, 4) is 0 Å². The van der Waals surface area contributed by atoms with Crippen molar-refractivity contribution >= 4 is 92.6 Å². The molecule has 0 bridgehead atoms. The van der Waals surface area contributed by atoms with Crippen LogP contribution in [0.2, 0.25) is 0 Å². The lowest BCUT2D eigenvalue weighted by Crippen LogP contribution is -2.39. The molecule has 0 amide bonds. The predicted molar refractivity (Wildman–Crippen MR) is 234 cm³/mol. The van der Waals surface area contributed by atoms with E-state index in [1.54, 1.807) is 0 Å². The zero-order chi connectivity index (χ0) is 34.4. The molecular formula is C38H50N2P4S4. The molecule has 0 spiro atoms. The van der Waals surface area contributed by atoms with Crippen LogP contribution in [0, 0.1) is 0 Å². The summed E-state index contributed by atoms with van der Waals surface area (Å²) in [6.45, 7) is 9.28. The van der Waals surface area contributed by atoms with Crippen molar-refractivity contribution in [2.75, 3.05) is 49.8 Å². The van der Waals surface area contributed by atoms with Gasteiger partial charge < -0.3 is 0 Å². The first-order valence-corrected chi connectivity index (χ1v) is 29.6. The minimum atomic E-state index is -2.06. The van der Waals surface area contributed by atoms with Gasteiger partial charge in [-0.15, -0.1) is 0 Å². The second-order valence-electron chi connectivity index (χ2n) is 13.7. The van der Waals surface area contributed by atoms with Crippen molar-refractivity contribution in [3.05, 3.63) is 121 Å². The Kier molecular flexibility index (Phi) is 13.5. The third-order valence-electron chi connectivity index (χ3n) is 9.65. The highest BCUT2D eigenvalue weighted by Crippen LogP contribution is 2.58. The lowest BCUT2D eigenvalue weighted by Gasteiger charge is -2.41. The van der Waals surface area contributed by atoms with Crippen molar-refractivity contribution in [1.29, 1.82) is 0 Å². The van der Waals surface area contributed by atoms with Gasteiger partial charge in [-0.25, -0.2) is 0 Å². The lowest BCUT2D eigenvalue weighted by molar-refractivity contribution is 0.302. The average Bonchev–Trinajstić information content (AvgIpc) is 3.10. The lowest BCUT2D eigenvalue weighted by atomic mass is 10.4. The Morgan fingerprint density at radius 1 is 0.375 bits per heavy atom. The highest BCUT2D eigenvalue weighted by Gasteiger charge is 2.36. The molecule has 48 heavy (non-hydrogen) atoms. The van der Waals surface area contributed by atoms with E-state index in [4.69, 9.17) is 47.2 Å². The summed E-state index contributed by atoms with van der Waals surface area (Å²) in [5.74, 6) is 0. The molecule has 0 radical (unpaired) electrons. The van der Waals surface area contributed by atoms with Gasteiger partial charge in [-0.2, -0.15) is 0 Å². The smallest absolute Gasteiger partial charge is 0.0320 e. The molecule has 0 saturated carbocycles. The molecule has 0 aromatic heterocycles. The molecule has 1 heterocycles. The minimum absolute atomic E-state index is 0.320. The third-order valence-corrected chi connectivity index (χ3v) is 28.5. The van der Waals surface area contributed by atoms with Crippen molar-refractivity contribution in [2.24, 2.45) is 0 Å². The molecule has 1 aliphatic rings. The van der Waals surface area contributed by atoms with Crippen molar-refractivity contribution in [2.45, 2.75) is 39.8 Å². The fourth-order valence-electron chi connectivity index (χ4n) is 6.49. The molecule has 1 fully saturated rings. The summed E-state index contributed by atoms with van der Waals surface area (Å²) < 4.78 is 0. The molecule has 10 heteroatoms. The quantitative estimate of drug-likeness (QED) is 0.180. The Labute approximate surface area is 311 Å². The van der Waals surface area contributed by atoms with E-state index in [2.05, 4.69) is 159 Å². The molecule has 4 unspecified atom stereocenters. The Balaban J connectivity index is 1.69. The van der Waals surface area contributed by atoms with Crippen LogP contribution in [0.4, 0.5) is 0 Å². The normalized spacial score (nSPS) is 28.6. The summed E-state index contributed by atoms with van der Waals surface area (Å²) in [5, 5.41) is 5.28. The van der Waals surface area contributed by atoms with Gasteiger partial charge in [-0.3, -0.25) is 9.80 Å². The second kappa shape index (κ2) is 16.8. The number of hydrogen-bond donors (Lipinski definition) is 0. The van der Waals surface area contributed by atoms with Crippen LogP contribution in [0.15, 0.2) is 121 Å². The van der Waals surface area contributed by atoms with E-state index in [0.717, 1.165) is 49.8 Å². The maximum atomic E-state index is 6.93. The molecule has 0 aliphatic carbocycles. The van der Waals surface area contributed by atoms with Gasteiger partial charge >= 0.3 is 0 Å². The molecule has 4 aromatic carbocycles. The van der Waals surface area contributed by atoms with Gasteiger partial charge in [0.25, 0.3) is 0 Å². The van der Waals surface area contributed by atoms with Crippen LogP contribution in [0.5, 0.6) is 0 Å². The molecule has 1 aliphatic heterocycles. The Morgan fingerprint density at radius 2 is 0.562 bits per heavy atom. The summed E-state index contributed by atoms with van der Waals surface area (Å²) in [6, 6.07) is 36.3. The van der Waals surface area contributed by atoms with Crippen LogP contribution in [0.1, 0.15) is 27.7 Å². The number of benzene rings is 4. The largest absolute Gasteiger partial charge is 0.291 e. The Hall–Kier alpha value is -0.600. The first-order valence-electron chi connectivity index (χ1n) is 16.9. The summed E-state index contributed by atoms with van der Waals surface area (Å²) in [6.07, 6.45) is 7.31. The highest BCUT2D eigenvalue weighted by molar-refractivity contribution is 8.21. The molecule has 1 saturated heterocycles. The van der Waals surface area contributed by atoms with Gasteiger partial charge in [0.2, 0.25) is 0 Å². The van der Waals surface area contributed by atoms with Gasteiger partial charge in [0.1, 0.15) is 0 Å². The van der Waals surface area contributed by atoms with Crippen LogP contribution in [-0.4, -0.2) is 71.7 Å². The van der Waals surface area contributed by atoms with E-state index in [1.807, 2.05) is 0 Å². The van der Waals surface area contributed by atoms with Gasteiger partial charge in [-0.1, -0.05) is 169 Å². The first-order chi connectivity index (χ1) is 22.9. The number of hydrogen-bond acceptors (Lipinski definition) is 6. The Morgan fingerprint density at radius 3 is 0.729 bits per heavy atom. The van der Waals surface area contributed by atoms with E-state index in [9.17, 15) is 0 Å². The maximum absolute atomic E-state index is 6.93. The van der Waals surface area contributed by atoms with Crippen LogP contribution in [0.25, 0.3) is 0 Å². The van der Waals surface area contributed by atoms with Crippen molar-refractivity contribution < 1.29 is 0 Å². The molecule has 4 aromatic rings. The van der Waals surface area contributed by atoms with Crippen LogP contribution in [-0.2, 0) is 47.2 Å². The van der Waals surface area contributed by atoms with Crippen molar-refractivity contribution in [1.82, 2.24) is 9.80 Å². The predicted octanol–water partition coefficient (Wildman–Crippen LogP) is 8.47. The molecule has 0 N–H and O–H groups in total. The topological polar surface area (TPSA) is 6.48 Å². The van der Waals surface area contributed by atoms with E-state index < -0.39 is 24.2 Å². The maximum Gasteiger partial charge on any atom is 0.0320 e. The monoisotopic (exact) mass is 786 g/mol. The number of nitrogens with zero attached hydrogens (tertiary/aromatic N) is 2. The SMILES string of the molecule is CC(C)N1CP(=S)(c2ccccc2)CCP(=S)(c2ccccc2)CN(C(C)C)CP(=S)(c2ccccc2)CCP(=S)(c2ccccc2)C1. The van der Waals surface area contributed by atoms with Gasteiger partial charge in [0.05, 0.1) is 0 Å². The van der Waals surface area contributed by atoms with E-state index in [0.29, 0.717) is 12.1 Å². The average molecular weight is 787 g/mol. The van der Waals surface area contributed by atoms with Crippen LogP contribution in [0.3, 0.4) is 0 Å². The standard InChI is InChI=1S/C38H50N2P4S4/c1-33(2)39-29-41(45,35-17-9-5-10-18-35)25-27-43(47,37-21-13-7-14-22-37)31-40(34(3)4)32-44(48,38-23-15-8-16-24-38)28-26-42(46,30-39)36-19-11-6-12-20-36/h5-24,33-34H,25-32H2,1-4H3. The summed E-state index contributed by atoms with van der Waals surface area (Å²) in [4.78, 5) is 5.32. The van der Waals surface area contributed by atoms with Gasteiger partial charge in [0, 0.05) is 37.2 Å². The fourth-order valence-corrected chi connectivity index (χ4v) is 27.3. The summed E-state index contributed by atoms with van der Waals surface area (Å²) in [7, 11) is 0. The Bertz CT molecular complexity index is 1560. The first kappa shape index (κ1) is 38.6. The number of rotatable bonds is 6. The molecular weight excluding hydrogens is 737 g/mol. The molecule has 2 nitrogen and oxygen atoms in total. The summed E-state index contributed by atoms with van der Waals surface area (Å²) in [5.41, 5.74) is 0. The fraction of sp³-hybridized carbons (Fsp3) is 0.368. The van der Waals surface area contributed by atoms with E-state index in [-0.39, 0.29) is 0 Å². The molecule has 4 atom stereocenters. The minimum Gasteiger partial charge on any atom is -0.291 e. The summed E-state index contributed by atoms with van der Waals surface area (Å²) >= 11 is 27.7. The zero-order valence-electron chi connectivity index (χ0n) is 28.7.